The molecule has 0 fully saturated rings. The van der Waals surface area contributed by atoms with Gasteiger partial charge < -0.3 is 5.73 Å². The van der Waals surface area contributed by atoms with E-state index < -0.39 is 0 Å². The number of ketones is 1. The zero-order chi connectivity index (χ0) is 13.1. The van der Waals surface area contributed by atoms with Gasteiger partial charge in [-0.2, -0.15) is 0 Å². The Morgan fingerprint density at radius 2 is 1.78 bits per heavy atom. The predicted octanol–water partition coefficient (Wildman–Crippen LogP) is 4.00. The van der Waals surface area contributed by atoms with E-state index >= 15 is 0 Å². The smallest absolute Gasteiger partial charge is 0.169 e. The molecule has 0 bridgehead atoms. The number of rotatable bonds is 3. The lowest BCUT2D eigenvalue weighted by Crippen LogP contribution is -2.06. The molecule has 2 nitrogen and oxygen atoms in total. The predicted molar refractivity (Wildman–Crippen MR) is 75.4 cm³/mol. The Kier molecular flexibility index (Phi) is 3.90. The van der Waals surface area contributed by atoms with Crippen molar-refractivity contribution >= 4 is 34.7 Å². The molecule has 0 aliphatic heterocycles. The lowest BCUT2D eigenvalue weighted by atomic mass is 10.0. The van der Waals surface area contributed by atoms with Gasteiger partial charge in [-0.25, -0.2) is 0 Å². The van der Waals surface area contributed by atoms with Crippen LogP contribution in [0.25, 0.3) is 0 Å². The summed E-state index contributed by atoms with van der Waals surface area (Å²) < 4.78 is 0. The number of hydrogen-bond acceptors (Lipinski definition) is 2. The Morgan fingerprint density at radius 1 is 1.06 bits per heavy atom. The van der Waals surface area contributed by atoms with Crippen molar-refractivity contribution in [2.45, 2.75) is 6.42 Å². The summed E-state index contributed by atoms with van der Waals surface area (Å²) in [6.07, 6.45) is 0.255. The second kappa shape index (κ2) is 5.42. The van der Waals surface area contributed by atoms with Crippen molar-refractivity contribution in [1.82, 2.24) is 0 Å². The number of carbonyl (C=O) groups excluding carboxylic acids is 1. The molecule has 0 aliphatic carbocycles. The first kappa shape index (κ1) is 12.9. The highest BCUT2D eigenvalue weighted by Gasteiger charge is 2.10. The average molecular weight is 280 g/mol. The molecule has 0 radical (unpaired) electrons. The number of hydrogen-bond donors (Lipinski definition) is 1. The summed E-state index contributed by atoms with van der Waals surface area (Å²) in [5.41, 5.74) is 7.60. The lowest BCUT2D eigenvalue weighted by molar-refractivity contribution is 0.0994. The number of Topliss-reactive ketones (excluding diaryl/α,β-unsaturated/α-hetero) is 1. The fourth-order valence-corrected chi connectivity index (χ4v) is 2.00. The van der Waals surface area contributed by atoms with E-state index in [1.165, 1.54) is 0 Å². The van der Waals surface area contributed by atoms with Crippen LogP contribution in [0.4, 0.5) is 5.69 Å². The summed E-state index contributed by atoms with van der Waals surface area (Å²) in [5.74, 6) is -0.0357. The third-order valence-electron chi connectivity index (χ3n) is 2.61. The maximum atomic E-state index is 12.1. The second-order valence-corrected chi connectivity index (χ2v) is 4.75. The van der Waals surface area contributed by atoms with E-state index in [4.69, 9.17) is 28.9 Å². The molecule has 2 N–H and O–H groups in total. The van der Waals surface area contributed by atoms with Gasteiger partial charge in [0.25, 0.3) is 0 Å². The molecule has 2 aromatic rings. The largest absolute Gasteiger partial charge is 0.398 e. The standard InChI is InChI=1S/C14H11Cl2NO/c15-11-6-5-9(7-12(11)16)8-14(18)10-3-1-2-4-13(10)17/h1-7H,8,17H2. The van der Waals surface area contributed by atoms with Crippen LogP contribution >= 0.6 is 23.2 Å². The first-order valence-electron chi connectivity index (χ1n) is 5.39. The van der Waals surface area contributed by atoms with Crippen LogP contribution in [-0.4, -0.2) is 5.78 Å². The van der Waals surface area contributed by atoms with Gasteiger partial charge in [0.2, 0.25) is 0 Å². The molecule has 0 atom stereocenters. The van der Waals surface area contributed by atoms with E-state index in [0.717, 1.165) is 5.56 Å². The van der Waals surface area contributed by atoms with Gasteiger partial charge in [0.15, 0.2) is 5.78 Å². The minimum absolute atomic E-state index is 0.0357. The fraction of sp³-hybridized carbons (Fsp3) is 0.0714. The average Bonchev–Trinajstić information content (AvgIpc) is 2.34. The van der Waals surface area contributed by atoms with Crippen LogP contribution in [0.1, 0.15) is 15.9 Å². The molecule has 0 spiro atoms. The van der Waals surface area contributed by atoms with Crippen molar-refractivity contribution in [2.24, 2.45) is 0 Å². The highest BCUT2D eigenvalue weighted by molar-refractivity contribution is 6.42. The Morgan fingerprint density at radius 3 is 2.44 bits per heavy atom. The first-order valence-corrected chi connectivity index (χ1v) is 6.15. The first-order chi connectivity index (χ1) is 8.58. The second-order valence-electron chi connectivity index (χ2n) is 3.94. The molecule has 18 heavy (non-hydrogen) atoms. The Balaban J connectivity index is 2.22. The molecule has 0 saturated heterocycles. The van der Waals surface area contributed by atoms with Gasteiger partial charge in [0, 0.05) is 17.7 Å². The molecular weight excluding hydrogens is 269 g/mol. The van der Waals surface area contributed by atoms with E-state index in [9.17, 15) is 4.79 Å². The van der Waals surface area contributed by atoms with Crippen LogP contribution in [0.2, 0.25) is 10.0 Å². The highest BCUT2D eigenvalue weighted by Crippen LogP contribution is 2.23. The van der Waals surface area contributed by atoms with Crippen LogP contribution in [0.15, 0.2) is 42.5 Å². The number of nitrogens with two attached hydrogens (primary N) is 1. The zero-order valence-corrected chi connectivity index (χ0v) is 11.0. The van der Waals surface area contributed by atoms with Gasteiger partial charge in [-0.1, -0.05) is 41.4 Å². The van der Waals surface area contributed by atoms with Gasteiger partial charge >= 0.3 is 0 Å². The molecule has 2 aromatic carbocycles. The fourth-order valence-electron chi connectivity index (χ4n) is 1.68. The highest BCUT2D eigenvalue weighted by atomic mass is 35.5. The molecule has 4 heteroatoms. The van der Waals surface area contributed by atoms with Gasteiger partial charge in [0.05, 0.1) is 10.0 Å². The summed E-state index contributed by atoms with van der Waals surface area (Å²) in [7, 11) is 0. The summed E-state index contributed by atoms with van der Waals surface area (Å²) in [5, 5.41) is 0.926. The maximum Gasteiger partial charge on any atom is 0.169 e. The van der Waals surface area contributed by atoms with E-state index in [1.54, 1.807) is 42.5 Å². The minimum atomic E-state index is -0.0357. The lowest BCUT2D eigenvalue weighted by Gasteiger charge is -2.05. The van der Waals surface area contributed by atoms with E-state index in [0.29, 0.717) is 21.3 Å². The van der Waals surface area contributed by atoms with E-state index in [-0.39, 0.29) is 12.2 Å². The summed E-state index contributed by atoms with van der Waals surface area (Å²) in [4.78, 5) is 12.1. The molecule has 0 aliphatic rings. The third-order valence-corrected chi connectivity index (χ3v) is 3.35. The SMILES string of the molecule is Nc1ccccc1C(=O)Cc1ccc(Cl)c(Cl)c1. The van der Waals surface area contributed by atoms with Gasteiger partial charge in [-0.05, 0) is 29.8 Å². The number of halogens is 2. The van der Waals surface area contributed by atoms with Crippen molar-refractivity contribution < 1.29 is 4.79 Å². The van der Waals surface area contributed by atoms with Crippen molar-refractivity contribution in [3.05, 3.63) is 63.6 Å². The van der Waals surface area contributed by atoms with E-state index in [1.807, 2.05) is 0 Å². The van der Waals surface area contributed by atoms with Crippen molar-refractivity contribution in [3.8, 4) is 0 Å². The Bertz CT molecular complexity index is 596. The topological polar surface area (TPSA) is 43.1 Å². The molecule has 0 aromatic heterocycles. The number of anilines is 1. The molecular formula is C14H11Cl2NO. The van der Waals surface area contributed by atoms with Gasteiger partial charge in [-0.3, -0.25) is 4.79 Å². The molecule has 0 saturated carbocycles. The van der Waals surface area contributed by atoms with Gasteiger partial charge in [-0.15, -0.1) is 0 Å². The number of nitrogen functional groups attached to an aromatic ring is 1. The number of para-hydroxylation sites is 1. The quantitative estimate of drug-likeness (QED) is 0.682. The Hall–Kier alpha value is -1.51. The Labute approximate surface area is 115 Å². The van der Waals surface area contributed by atoms with Crippen LogP contribution in [0.5, 0.6) is 0 Å². The van der Waals surface area contributed by atoms with E-state index in [2.05, 4.69) is 0 Å². The zero-order valence-electron chi connectivity index (χ0n) is 9.49. The van der Waals surface area contributed by atoms with Crippen LogP contribution in [-0.2, 0) is 6.42 Å². The van der Waals surface area contributed by atoms with Gasteiger partial charge in [0.1, 0.15) is 0 Å². The third kappa shape index (κ3) is 2.84. The number of benzene rings is 2. The molecule has 0 heterocycles. The molecule has 0 unspecified atom stereocenters. The normalized spacial score (nSPS) is 10.3. The van der Waals surface area contributed by atoms with Crippen LogP contribution in [0.3, 0.4) is 0 Å². The van der Waals surface area contributed by atoms with Crippen molar-refractivity contribution in [2.75, 3.05) is 5.73 Å². The molecule has 2 rings (SSSR count). The molecule has 0 amide bonds. The maximum absolute atomic E-state index is 12.1. The minimum Gasteiger partial charge on any atom is -0.398 e. The van der Waals surface area contributed by atoms with Crippen molar-refractivity contribution in [3.63, 3.8) is 0 Å². The monoisotopic (exact) mass is 279 g/mol. The summed E-state index contributed by atoms with van der Waals surface area (Å²) in [6, 6.07) is 12.2. The number of carbonyl (C=O) groups is 1. The summed E-state index contributed by atoms with van der Waals surface area (Å²) >= 11 is 11.7. The van der Waals surface area contributed by atoms with Crippen molar-refractivity contribution in [1.29, 1.82) is 0 Å². The summed E-state index contributed by atoms with van der Waals surface area (Å²) in [6.45, 7) is 0. The van der Waals surface area contributed by atoms with Crippen LogP contribution < -0.4 is 5.73 Å². The molecule has 92 valence electrons. The van der Waals surface area contributed by atoms with Crippen LogP contribution in [0, 0.1) is 0 Å².